The maximum atomic E-state index is 12.3. The molecule has 0 aliphatic carbocycles. The third-order valence-corrected chi connectivity index (χ3v) is 3.38. The molecule has 120 valence electrons. The number of nitrogens with zero attached hydrogens (tertiary/aromatic N) is 3. The molecular formula is C17H14ClN5O. The first-order chi connectivity index (χ1) is 11.7. The SMILES string of the molecule is O=C(Nc1cccc(Cl)c1)c1ccnc(NCc2cccnc2)n1. The summed E-state index contributed by atoms with van der Waals surface area (Å²) in [5.74, 6) is 0.0432. The number of hydrogen-bond acceptors (Lipinski definition) is 5. The van der Waals surface area contributed by atoms with Gasteiger partial charge in [0.2, 0.25) is 5.95 Å². The van der Waals surface area contributed by atoms with Crippen molar-refractivity contribution in [2.75, 3.05) is 10.6 Å². The van der Waals surface area contributed by atoms with Crippen LogP contribution in [0.3, 0.4) is 0 Å². The molecule has 7 heteroatoms. The summed E-state index contributed by atoms with van der Waals surface area (Å²) in [6.45, 7) is 0.521. The summed E-state index contributed by atoms with van der Waals surface area (Å²) in [5, 5.41) is 6.36. The number of benzene rings is 1. The Kier molecular flexibility index (Phi) is 4.98. The van der Waals surface area contributed by atoms with E-state index >= 15 is 0 Å². The molecule has 0 aliphatic heterocycles. The van der Waals surface area contributed by atoms with Gasteiger partial charge in [0.25, 0.3) is 5.91 Å². The zero-order valence-electron chi connectivity index (χ0n) is 12.6. The van der Waals surface area contributed by atoms with Gasteiger partial charge in [-0.1, -0.05) is 23.7 Å². The Balaban J connectivity index is 1.67. The molecule has 24 heavy (non-hydrogen) atoms. The summed E-state index contributed by atoms with van der Waals surface area (Å²) in [7, 11) is 0. The number of carbonyl (C=O) groups excluding carboxylic acids is 1. The summed E-state index contributed by atoms with van der Waals surface area (Å²) in [5.41, 5.74) is 1.87. The number of hydrogen-bond donors (Lipinski definition) is 2. The molecule has 1 aromatic carbocycles. The van der Waals surface area contributed by atoms with Gasteiger partial charge >= 0.3 is 0 Å². The molecule has 0 aliphatic rings. The van der Waals surface area contributed by atoms with Gasteiger partial charge in [-0.05, 0) is 35.9 Å². The first kappa shape index (κ1) is 15.9. The highest BCUT2D eigenvalue weighted by Gasteiger charge is 2.09. The van der Waals surface area contributed by atoms with Crippen LogP contribution in [0.1, 0.15) is 16.1 Å². The van der Waals surface area contributed by atoms with Crippen LogP contribution in [0.5, 0.6) is 0 Å². The zero-order valence-corrected chi connectivity index (χ0v) is 13.4. The number of pyridine rings is 1. The topological polar surface area (TPSA) is 79.8 Å². The third kappa shape index (κ3) is 4.27. The van der Waals surface area contributed by atoms with E-state index in [-0.39, 0.29) is 11.6 Å². The first-order valence-electron chi connectivity index (χ1n) is 7.23. The molecule has 0 atom stereocenters. The Hall–Kier alpha value is -2.99. The molecule has 0 bridgehead atoms. The van der Waals surface area contributed by atoms with Gasteiger partial charge in [0.05, 0.1) is 0 Å². The minimum Gasteiger partial charge on any atom is -0.350 e. The van der Waals surface area contributed by atoms with E-state index in [2.05, 4.69) is 25.6 Å². The molecule has 2 N–H and O–H groups in total. The van der Waals surface area contributed by atoms with Gasteiger partial charge in [-0.25, -0.2) is 9.97 Å². The average molecular weight is 340 g/mol. The van der Waals surface area contributed by atoms with Gasteiger partial charge in [0, 0.05) is 35.8 Å². The van der Waals surface area contributed by atoms with Gasteiger partial charge < -0.3 is 10.6 Å². The molecule has 0 spiro atoms. The number of amides is 1. The Morgan fingerprint density at radius 2 is 2.04 bits per heavy atom. The standard InChI is InChI=1S/C17H14ClN5O/c18-13-4-1-5-14(9-13)22-16(24)15-6-8-20-17(23-15)21-11-12-3-2-7-19-10-12/h1-10H,11H2,(H,22,24)(H,20,21,23). The fourth-order valence-electron chi connectivity index (χ4n) is 2.02. The molecular weight excluding hydrogens is 326 g/mol. The molecule has 1 amide bonds. The van der Waals surface area contributed by atoms with E-state index in [0.717, 1.165) is 5.56 Å². The maximum Gasteiger partial charge on any atom is 0.274 e. The predicted octanol–water partition coefficient (Wildman–Crippen LogP) is 3.39. The lowest BCUT2D eigenvalue weighted by Gasteiger charge is -2.07. The van der Waals surface area contributed by atoms with Crippen molar-refractivity contribution in [1.82, 2.24) is 15.0 Å². The van der Waals surface area contributed by atoms with Crippen molar-refractivity contribution >= 4 is 29.1 Å². The molecule has 0 saturated carbocycles. The third-order valence-electron chi connectivity index (χ3n) is 3.14. The van der Waals surface area contributed by atoms with Gasteiger partial charge in [-0.3, -0.25) is 9.78 Å². The lowest BCUT2D eigenvalue weighted by Crippen LogP contribution is -2.15. The van der Waals surface area contributed by atoms with E-state index in [4.69, 9.17) is 11.6 Å². The van der Waals surface area contributed by atoms with Crippen LogP contribution in [-0.4, -0.2) is 20.9 Å². The van der Waals surface area contributed by atoms with Gasteiger partial charge in [-0.15, -0.1) is 0 Å². The summed E-state index contributed by atoms with van der Waals surface area (Å²) >= 11 is 5.91. The van der Waals surface area contributed by atoms with Gasteiger partial charge in [-0.2, -0.15) is 0 Å². The van der Waals surface area contributed by atoms with E-state index in [1.54, 1.807) is 42.7 Å². The summed E-state index contributed by atoms with van der Waals surface area (Å²) in [4.78, 5) is 24.6. The van der Waals surface area contributed by atoms with Crippen LogP contribution >= 0.6 is 11.6 Å². The average Bonchev–Trinajstić information content (AvgIpc) is 2.61. The quantitative estimate of drug-likeness (QED) is 0.744. The van der Waals surface area contributed by atoms with Crippen LogP contribution in [0.4, 0.5) is 11.6 Å². The van der Waals surface area contributed by atoms with Crippen molar-refractivity contribution < 1.29 is 4.79 Å². The van der Waals surface area contributed by atoms with Crippen LogP contribution in [-0.2, 0) is 6.54 Å². The van der Waals surface area contributed by atoms with Gasteiger partial charge in [0.15, 0.2) is 0 Å². The van der Waals surface area contributed by atoms with Crippen LogP contribution in [0.25, 0.3) is 0 Å². The predicted molar refractivity (Wildman–Crippen MR) is 93.0 cm³/mol. The van der Waals surface area contributed by atoms with Crippen LogP contribution in [0.2, 0.25) is 5.02 Å². The maximum absolute atomic E-state index is 12.3. The normalized spacial score (nSPS) is 10.2. The van der Waals surface area contributed by atoms with Crippen molar-refractivity contribution in [3.63, 3.8) is 0 Å². The molecule has 2 aromatic heterocycles. The highest BCUT2D eigenvalue weighted by atomic mass is 35.5. The Morgan fingerprint density at radius 3 is 2.83 bits per heavy atom. The lowest BCUT2D eigenvalue weighted by molar-refractivity contribution is 0.102. The van der Waals surface area contributed by atoms with Gasteiger partial charge in [0.1, 0.15) is 5.69 Å². The van der Waals surface area contributed by atoms with Crippen molar-refractivity contribution in [2.45, 2.75) is 6.54 Å². The van der Waals surface area contributed by atoms with Crippen LogP contribution < -0.4 is 10.6 Å². The lowest BCUT2D eigenvalue weighted by atomic mass is 10.3. The number of rotatable bonds is 5. The van der Waals surface area contributed by atoms with Crippen molar-refractivity contribution in [3.05, 3.63) is 77.3 Å². The minimum atomic E-state index is -0.330. The summed E-state index contributed by atoms with van der Waals surface area (Å²) in [6.07, 6.45) is 5.00. The van der Waals surface area contributed by atoms with E-state index in [1.165, 1.54) is 6.20 Å². The van der Waals surface area contributed by atoms with Crippen LogP contribution in [0, 0.1) is 0 Å². The largest absolute Gasteiger partial charge is 0.350 e. The van der Waals surface area contributed by atoms with Crippen molar-refractivity contribution in [3.8, 4) is 0 Å². The molecule has 0 unspecified atom stereocenters. The zero-order chi connectivity index (χ0) is 16.8. The number of carbonyl (C=O) groups is 1. The highest BCUT2D eigenvalue weighted by Crippen LogP contribution is 2.15. The van der Waals surface area contributed by atoms with E-state index in [1.807, 2.05) is 12.1 Å². The van der Waals surface area contributed by atoms with E-state index in [9.17, 15) is 4.79 Å². The first-order valence-corrected chi connectivity index (χ1v) is 7.61. The second kappa shape index (κ2) is 7.52. The number of anilines is 2. The molecule has 3 rings (SSSR count). The molecule has 2 heterocycles. The molecule has 3 aromatic rings. The fraction of sp³-hybridized carbons (Fsp3) is 0.0588. The monoisotopic (exact) mass is 339 g/mol. The Bertz CT molecular complexity index is 841. The minimum absolute atomic E-state index is 0.263. The number of halogens is 1. The van der Waals surface area contributed by atoms with E-state index in [0.29, 0.717) is 23.2 Å². The Labute approximate surface area is 143 Å². The smallest absolute Gasteiger partial charge is 0.274 e. The molecule has 0 fully saturated rings. The van der Waals surface area contributed by atoms with Crippen LogP contribution in [0.15, 0.2) is 61.1 Å². The van der Waals surface area contributed by atoms with Crippen molar-refractivity contribution in [2.24, 2.45) is 0 Å². The summed E-state index contributed by atoms with van der Waals surface area (Å²) < 4.78 is 0. The molecule has 0 saturated heterocycles. The molecule has 0 radical (unpaired) electrons. The van der Waals surface area contributed by atoms with E-state index < -0.39 is 0 Å². The fourth-order valence-corrected chi connectivity index (χ4v) is 2.21. The number of nitrogens with one attached hydrogen (secondary N) is 2. The highest BCUT2D eigenvalue weighted by molar-refractivity contribution is 6.30. The Morgan fingerprint density at radius 1 is 1.12 bits per heavy atom. The summed E-state index contributed by atoms with van der Waals surface area (Å²) in [6, 6.07) is 12.3. The number of aromatic nitrogens is 3. The van der Waals surface area contributed by atoms with Crippen molar-refractivity contribution in [1.29, 1.82) is 0 Å². The molecule has 6 nitrogen and oxygen atoms in total. The second-order valence-corrected chi connectivity index (χ2v) is 5.38. The second-order valence-electron chi connectivity index (χ2n) is 4.94.